The van der Waals surface area contributed by atoms with E-state index in [2.05, 4.69) is 0 Å². The quantitative estimate of drug-likeness (QED) is 0.697. The van der Waals surface area contributed by atoms with E-state index >= 15 is 0 Å². The van der Waals surface area contributed by atoms with Crippen LogP contribution >= 0.6 is 0 Å². The highest BCUT2D eigenvalue weighted by molar-refractivity contribution is 4.82. The lowest BCUT2D eigenvalue weighted by atomic mass is 9.93. The second-order valence-corrected chi connectivity index (χ2v) is 3.26. The Balaban J connectivity index is 4.22. The molecular formula is C7H13F3O2. The van der Waals surface area contributed by atoms with Crippen molar-refractivity contribution in [2.75, 3.05) is 6.61 Å². The zero-order valence-electron chi connectivity index (χ0n) is 7.02. The Labute approximate surface area is 69.0 Å². The molecular weight excluding hydrogens is 173 g/mol. The second-order valence-electron chi connectivity index (χ2n) is 3.26. The predicted molar refractivity (Wildman–Crippen MR) is 37.5 cm³/mol. The molecule has 2 N–H and O–H groups in total. The average molecular weight is 186 g/mol. The fraction of sp³-hybridized carbons (Fsp3) is 1.00. The lowest BCUT2D eigenvalue weighted by Crippen LogP contribution is -2.43. The van der Waals surface area contributed by atoms with Crippen LogP contribution in [0.1, 0.15) is 20.3 Å². The minimum Gasteiger partial charge on any atom is -0.396 e. The Hall–Kier alpha value is -0.290. The molecule has 0 saturated heterocycles. The van der Waals surface area contributed by atoms with Gasteiger partial charge in [-0.1, -0.05) is 6.92 Å². The van der Waals surface area contributed by atoms with Gasteiger partial charge in [-0.25, -0.2) is 0 Å². The van der Waals surface area contributed by atoms with Crippen molar-refractivity contribution in [3.05, 3.63) is 0 Å². The Bertz CT molecular complexity index is 142. The molecule has 0 amide bonds. The normalized spacial score (nSPS) is 20.2. The van der Waals surface area contributed by atoms with Crippen LogP contribution in [0, 0.1) is 5.92 Å². The molecule has 0 aliphatic carbocycles. The monoisotopic (exact) mass is 186 g/mol. The Morgan fingerprint density at radius 1 is 1.33 bits per heavy atom. The van der Waals surface area contributed by atoms with Crippen molar-refractivity contribution >= 4 is 0 Å². The van der Waals surface area contributed by atoms with E-state index in [1.807, 2.05) is 0 Å². The third kappa shape index (κ3) is 2.98. The van der Waals surface area contributed by atoms with Crippen LogP contribution in [0.25, 0.3) is 0 Å². The van der Waals surface area contributed by atoms with Gasteiger partial charge in [0.05, 0.1) is 0 Å². The molecule has 2 atom stereocenters. The first kappa shape index (κ1) is 11.7. The Morgan fingerprint density at radius 3 is 2.00 bits per heavy atom. The third-order valence-corrected chi connectivity index (χ3v) is 1.67. The fourth-order valence-corrected chi connectivity index (χ4v) is 0.859. The van der Waals surface area contributed by atoms with Crippen LogP contribution in [-0.2, 0) is 0 Å². The van der Waals surface area contributed by atoms with Crippen LogP contribution in [0.5, 0.6) is 0 Å². The standard InChI is InChI=1S/C7H13F3O2/c1-5(4-11)3-6(2,12)7(8,9)10/h5,11-12H,3-4H2,1-2H3. The maximum absolute atomic E-state index is 12.0. The molecule has 0 rings (SSSR count). The van der Waals surface area contributed by atoms with Crippen LogP contribution in [0.15, 0.2) is 0 Å². The molecule has 0 fully saturated rings. The van der Waals surface area contributed by atoms with E-state index in [-0.39, 0.29) is 6.61 Å². The fourth-order valence-electron chi connectivity index (χ4n) is 0.859. The first-order valence-electron chi connectivity index (χ1n) is 3.60. The molecule has 2 unspecified atom stereocenters. The number of halogens is 3. The van der Waals surface area contributed by atoms with Gasteiger partial charge in [0.25, 0.3) is 0 Å². The van der Waals surface area contributed by atoms with Gasteiger partial charge in [-0.15, -0.1) is 0 Å². The molecule has 2 nitrogen and oxygen atoms in total. The molecule has 74 valence electrons. The van der Waals surface area contributed by atoms with Crippen molar-refractivity contribution in [3.8, 4) is 0 Å². The minimum absolute atomic E-state index is 0.355. The minimum atomic E-state index is -4.63. The summed E-state index contributed by atoms with van der Waals surface area (Å²) in [7, 11) is 0. The van der Waals surface area contributed by atoms with Crippen molar-refractivity contribution in [1.82, 2.24) is 0 Å². The first-order valence-corrected chi connectivity index (χ1v) is 3.60. The Morgan fingerprint density at radius 2 is 1.75 bits per heavy atom. The van der Waals surface area contributed by atoms with Crippen molar-refractivity contribution in [1.29, 1.82) is 0 Å². The summed E-state index contributed by atoms with van der Waals surface area (Å²) in [4.78, 5) is 0. The summed E-state index contributed by atoms with van der Waals surface area (Å²) < 4.78 is 36.0. The van der Waals surface area contributed by atoms with Crippen molar-refractivity contribution in [2.24, 2.45) is 5.92 Å². The zero-order chi connectivity index (χ0) is 9.99. The topological polar surface area (TPSA) is 40.5 Å². The molecule has 0 aliphatic rings. The molecule has 0 radical (unpaired) electrons. The van der Waals surface area contributed by atoms with E-state index in [0.29, 0.717) is 6.92 Å². The van der Waals surface area contributed by atoms with Crippen LogP contribution in [0.2, 0.25) is 0 Å². The molecule has 5 heteroatoms. The lowest BCUT2D eigenvalue weighted by Gasteiger charge is -2.28. The van der Waals surface area contributed by atoms with Gasteiger partial charge < -0.3 is 10.2 Å². The summed E-state index contributed by atoms with van der Waals surface area (Å²) in [5.41, 5.74) is -2.70. The lowest BCUT2D eigenvalue weighted by molar-refractivity contribution is -0.258. The van der Waals surface area contributed by atoms with Crippen LogP contribution in [0.3, 0.4) is 0 Å². The maximum Gasteiger partial charge on any atom is 0.416 e. The van der Waals surface area contributed by atoms with Gasteiger partial charge in [0, 0.05) is 6.61 Å². The van der Waals surface area contributed by atoms with Crippen LogP contribution in [-0.4, -0.2) is 28.6 Å². The summed E-state index contributed by atoms with van der Waals surface area (Å²) >= 11 is 0. The number of hydrogen-bond acceptors (Lipinski definition) is 2. The number of rotatable bonds is 3. The summed E-state index contributed by atoms with van der Waals surface area (Å²) in [6.45, 7) is 1.80. The number of hydrogen-bond donors (Lipinski definition) is 2. The van der Waals surface area contributed by atoms with E-state index in [0.717, 1.165) is 0 Å². The van der Waals surface area contributed by atoms with E-state index in [9.17, 15) is 13.2 Å². The first-order chi connectivity index (χ1) is 5.20. The molecule has 0 aliphatic heterocycles. The van der Waals surface area contributed by atoms with Gasteiger partial charge in [0.15, 0.2) is 5.60 Å². The SMILES string of the molecule is CC(CO)CC(C)(O)C(F)(F)F. The molecule has 0 aromatic heterocycles. The van der Waals surface area contributed by atoms with Crippen molar-refractivity contribution in [2.45, 2.75) is 32.0 Å². The Kier molecular flexibility index (Phi) is 3.53. The van der Waals surface area contributed by atoms with Gasteiger partial charge in [0.1, 0.15) is 0 Å². The van der Waals surface area contributed by atoms with Gasteiger partial charge >= 0.3 is 6.18 Å². The maximum atomic E-state index is 12.0. The molecule has 0 bridgehead atoms. The average Bonchev–Trinajstić information content (AvgIpc) is 1.84. The molecule has 0 aromatic rings. The van der Waals surface area contributed by atoms with E-state index in [4.69, 9.17) is 10.2 Å². The van der Waals surface area contributed by atoms with Gasteiger partial charge in [-0.2, -0.15) is 13.2 Å². The highest BCUT2D eigenvalue weighted by atomic mass is 19.4. The van der Waals surface area contributed by atoms with Crippen molar-refractivity contribution in [3.63, 3.8) is 0 Å². The van der Waals surface area contributed by atoms with Gasteiger partial charge in [-0.3, -0.25) is 0 Å². The highest BCUT2D eigenvalue weighted by Crippen LogP contribution is 2.34. The molecule has 0 spiro atoms. The van der Waals surface area contributed by atoms with Crippen LogP contribution < -0.4 is 0 Å². The number of aliphatic hydroxyl groups excluding tert-OH is 1. The van der Waals surface area contributed by atoms with E-state index in [1.165, 1.54) is 6.92 Å². The summed E-state index contributed by atoms with van der Waals surface area (Å²) in [6.07, 6.45) is -5.11. The summed E-state index contributed by atoms with van der Waals surface area (Å²) in [6, 6.07) is 0. The highest BCUT2D eigenvalue weighted by Gasteiger charge is 2.49. The number of alkyl halides is 3. The smallest absolute Gasteiger partial charge is 0.396 e. The van der Waals surface area contributed by atoms with Gasteiger partial charge in [-0.05, 0) is 19.3 Å². The van der Waals surface area contributed by atoms with Gasteiger partial charge in [0.2, 0.25) is 0 Å². The number of aliphatic hydroxyl groups is 2. The van der Waals surface area contributed by atoms with E-state index < -0.39 is 24.1 Å². The van der Waals surface area contributed by atoms with Crippen LogP contribution in [0.4, 0.5) is 13.2 Å². The second kappa shape index (κ2) is 3.62. The predicted octanol–water partition coefficient (Wildman–Crippen LogP) is 1.32. The van der Waals surface area contributed by atoms with E-state index in [1.54, 1.807) is 0 Å². The molecule has 0 aromatic carbocycles. The molecule has 0 heterocycles. The third-order valence-electron chi connectivity index (χ3n) is 1.67. The largest absolute Gasteiger partial charge is 0.416 e. The van der Waals surface area contributed by atoms with Crippen molar-refractivity contribution < 1.29 is 23.4 Å². The molecule has 0 saturated carbocycles. The summed E-state index contributed by atoms with van der Waals surface area (Å²) in [5, 5.41) is 17.4. The molecule has 12 heavy (non-hydrogen) atoms. The zero-order valence-corrected chi connectivity index (χ0v) is 7.02. The summed E-state index contributed by atoms with van der Waals surface area (Å²) in [5.74, 6) is -0.554.